The van der Waals surface area contributed by atoms with E-state index < -0.39 is 0 Å². The van der Waals surface area contributed by atoms with Crippen molar-refractivity contribution in [3.8, 4) is 0 Å². The van der Waals surface area contributed by atoms with Crippen LogP contribution in [0, 0.1) is 0 Å². The van der Waals surface area contributed by atoms with Crippen molar-refractivity contribution < 1.29 is 0 Å². The van der Waals surface area contributed by atoms with Crippen LogP contribution in [0.3, 0.4) is 0 Å². The molecule has 0 saturated carbocycles. The first-order valence-electron chi connectivity index (χ1n) is 3.92. The van der Waals surface area contributed by atoms with E-state index in [1.807, 2.05) is 13.8 Å². The molecule has 0 amide bonds. The topological polar surface area (TPSA) is 12.0 Å². The Kier molecular flexibility index (Phi) is 3.72. The van der Waals surface area contributed by atoms with Crippen molar-refractivity contribution in [1.29, 1.82) is 0 Å². The lowest BCUT2D eigenvalue weighted by Crippen LogP contribution is -2.09. The molecule has 72 valence electrons. The fourth-order valence-corrected chi connectivity index (χ4v) is 1.57. The highest BCUT2D eigenvalue weighted by atomic mass is 35.5. The fraction of sp³-hybridized carbons (Fsp3) is 0.333. The maximum atomic E-state index is 5.85. The van der Waals surface area contributed by atoms with E-state index in [2.05, 4.69) is 5.32 Å². The molecule has 0 fully saturated rings. The summed E-state index contributed by atoms with van der Waals surface area (Å²) in [5, 5.41) is 4.53. The normalized spacial score (nSPS) is 10.6. The van der Waals surface area contributed by atoms with Gasteiger partial charge in [0.25, 0.3) is 0 Å². The maximum absolute atomic E-state index is 5.85. The van der Waals surface area contributed by atoms with Gasteiger partial charge in [0.1, 0.15) is 0 Å². The molecule has 0 saturated heterocycles. The van der Waals surface area contributed by atoms with Crippen LogP contribution in [0.25, 0.3) is 0 Å². The number of anilines is 1. The molecule has 0 heterocycles. The zero-order valence-corrected chi connectivity index (χ0v) is 9.63. The SMILES string of the molecule is CC(C)Nc1cc(Cl)c(Cl)c(Cl)c1. The van der Waals surface area contributed by atoms with Gasteiger partial charge in [-0.1, -0.05) is 34.8 Å². The van der Waals surface area contributed by atoms with Crippen molar-refractivity contribution in [1.82, 2.24) is 0 Å². The van der Waals surface area contributed by atoms with Crippen LogP contribution in [0.5, 0.6) is 0 Å². The average molecular weight is 239 g/mol. The molecule has 0 unspecified atom stereocenters. The van der Waals surface area contributed by atoms with Crippen LogP contribution >= 0.6 is 34.8 Å². The summed E-state index contributed by atoms with van der Waals surface area (Å²) in [6, 6.07) is 3.86. The molecule has 0 spiro atoms. The lowest BCUT2D eigenvalue weighted by atomic mass is 10.3. The van der Waals surface area contributed by atoms with Gasteiger partial charge in [0.2, 0.25) is 0 Å². The Morgan fingerprint density at radius 1 is 1.08 bits per heavy atom. The summed E-state index contributed by atoms with van der Waals surface area (Å²) in [4.78, 5) is 0. The molecule has 1 aromatic rings. The van der Waals surface area contributed by atoms with Crippen LogP contribution in [0.2, 0.25) is 15.1 Å². The quantitative estimate of drug-likeness (QED) is 0.750. The Bertz CT molecular complexity index is 287. The van der Waals surface area contributed by atoms with Gasteiger partial charge in [0.15, 0.2) is 0 Å². The van der Waals surface area contributed by atoms with E-state index in [0.717, 1.165) is 5.69 Å². The second kappa shape index (κ2) is 4.41. The van der Waals surface area contributed by atoms with Crippen molar-refractivity contribution in [3.63, 3.8) is 0 Å². The number of nitrogens with one attached hydrogen (secondary N) is 1. The summed E-state index contributed by atoms with van der Waals surface area (Å²) >= 11 is 17.5. The second-order valence-electron chi connectivity index (χ2n) is 3.05. The molecule has 1 N–H and O–H groups in total. The Morgan fingerprint density at radius 3 is 1.92 bits per heavy atom. The Morgan fingerprint density at radius 2 is 1.54 bits per heavy atom. The van der Waals surface area contributed by atoms with Gasteiger partial charge >= 0.3 is 0 Å². The van der Waals surface area contributed by atoms with Gasteiger partial charge in [0, 0.05) is 11.7 Å². The highest BCUT2D eigenvalue weighted by molar-refractivity contribution is 6.48. The number of hydrogen-bond donors (Lipinski definition) is 1. The Hall–Kier alpha value is -0.110. The molecule has 1 nitrogen and oxygen atoms in total. The largest absolute Gasteiger partial charge is 0.383 e. The molecule has 0 radical (unpaired) electrons. The molecule has 0 bridgehead atoms. The Balaban J connectivity index is 2.99. The molecular formula is C9H10Cl3N. The first-order valence-corrected chi connectivity index (χ1v) is 5.05. The summed E-state index contributed by atoms with van der Waals surface area (Å²) < 4.78 is 0. The highest BCUT2D eigenvalue weighted by Crippen LogP contribution is 2.33. The molecule has 1 aromatic carbocycles. The van der Waals surface area contributed by atoms with E-state index >= 15 is 0 Å². The van der Waals surface area contributed by atoms with Crippen molar-refractivity contribution in [2.75, 3.05) is 5.32 Å². The van der Waals surface area contributed by atoms with E-state index in [1.54, 1.807) is 12.1 Å². The van der Waals surface area contributed by atoms with E-state index in [9.17, 15) is 0 Å². The van der Waals surface area contributed by atoms with Gasteiger partial charge in [0.05, 0.1) is 15.1 Å². The molecule has 1 rings (SSSR count). The molecule has 0 aliphatic heterocycles. The minimum Gasteiger partial charge on any atom is -0.383 e. The minimum absolute atomic E-state index is 0.341. The van der Waals surface area contributed by atoms with Crippen molar-refractivity contribution in [3.05, 3.63) is 27.2 Å². The molecule has 13 heavy (non-hydrogen) atoms. The lowest BCUT2D eigenvalue weighted by Gasteiger charge is -2.11. The van der Waals surface area contributed by atoms with Gasteiger partial charge in [-0.2, -0.15) is 0 Å². The predicted molar refractivity (Wildman–Crippen MR) is 60.2 cm³/mol. The third kappa shape index (κ3) is 2.94. The van der Waals surface area contributed by atoms with Gasteiger partial charge in [-0.15, -0.1) is 0 Å². The van der Waals surface area contributed by atoms with E-state index in [0.29, 0.717) is 21.1 Å². The van der Waals surface area contributed by atoms with Crippen molar-refractivity contribution in [2.24, 2.45) is 0 Å². The maximum Gasteiger partial charge on any atom is 0.0780 e. The van der Waals surface area contributed by atoms with Gasteiger partial charge in [-0.05, 0) is 26.0 Å². The zero-order chi connectivity index (χ0) is 10.0. The van der Waals surface area contributed by atoms with Crippen molar-refractivity contribution >= 4 is 40.5 Å². The molecule has 0 aliphatic rings. The first-order chi connectivity index (χ1) is 6.00. The van der Waals surface area contributed by atoms with Crippen LogP contribution in [0.15, 0.2) is 12.1 Å². The summed E-state index contributed by atoms with van der Waals surface area (Å²) in [5.41, 5.74) is 0.884. The summed E-state index contributed by atoms with van der Waals surface area (Å²) in [7, 11) is 0. The molecule has 0 atom stereocenters. The monoisotopic (exact) mass is 237 g/mol. The van der Waals surface area contributed by atoms with E-state index in [1.165, 1.54) is 0 Å². The first kappa shape index (κ1) is 11.0. The highest BCUT2D eigenvalue weighted by Gasteiger charge is 2.05. The molecule has 0 aliphatic carbocycles. The van der Waals surface area contributed by atoms with Crippen molar-refractivity contribution in [2.45, 2.75) is 19.9 Å². The third-order valence-corrected chi connectivity index (χ3v) is 2.64. The average Bonchev–Trinajstić information content (AvgIpc) is 1.98. The van der Waals surface area contributed by atoms with Gasteiger partial charge in [-0.3, -0.25) is 0 Å². The molecule has 4 heteroatoms. The summed E-state index contributed by atoms with van der Waals surface area (Å²) in [6.45, 7) is 4.08. The van der Waals surface area contributed by atoms with Crippen LogP contribution in [-0.4, -0.2) is 6.04 Å². The smallest absolute Gasteiger partial charge is 0.0780 e. The van der Waals surface area contributed by atoms with Gasteiger partial charge < -0.3 is 5.32 Å². The third-order valence-electron chi connectivity index (χ3n) is 1.44. The lowest BCUT2D eigenvalue weighted by molar-refractivity contribution is 0.900. The number of hydrogen-bond acceptors (Lipinski definition) is 1. The van der Waals surface area contributed by atoms with E-state index in [4.69, 9.17) is 34.8 Å². The second-order valence-corrected chi connectivity index (χ2v) is 4.25. The molecular weight excluding hydrogens is 228 g/mol. The van der Waals surface area contributed by atoms with Crippen LogP contribution in [0.4, 0.5) is 5.69 Å². The fourth-order valence-electron chi connectivity index (χ4n) is 0.972. The van der Waals surface area contributed by atoms with Crippen LogP contribution in [-0.2, 0) is 0 Å². The summed E-state index contributed by atoms with van der Waals surface area (Å²) in [5.74, 6) is 0. The minimum atomic E-state index is 0.341. The number of benzene rings is 1. The van der Waals surface area contributed by atoms with Gasteiger partial charge in [-0.25, -0.2) is 0 Å². The Labute approximate surface area is 93.0 Å². The standard InChI is InChI=1S/C9H10Cl3N/c1-5(2)13-6-3-7(10)9(12)8(11)4-6/h3-5,13H,1-2H3. The van der Waals surface area contributed by atoms with Crippen LogP contribution in [0.1, 0.15) is 13.8 Å². The van der Waals surface area contributed by atoms with Crippen LogP contribution < -0.4 is 5.32 Å². The number of rotatable bonds is 2. The molecule has 0 aromatic heterocycles. The summed E-state index contributed by atoms with van der Waals surface area (Å²) in [6.07, 6.45) is 0. The zero-order valence-electron chi connectivity index (χ0n) is 7.37. The number of halogens is 3. The predicted octanol–water partition coefficient (Wildman–Crippen LogP) is 4.47. The van der Waals surface area contributed by atoms with E-state index in [-0.39, 0.29) is 0 Å².